The highest BCUT2D eigenvalue weighted by Crippen LogP contribution is 2.27. The van der Waals surface area contributed by atoms with E-state index < -0.39 is 0 Å². The third-order valence-electron chi connectivity index (χ3n) is 3.05. The molecule has 0 heterocycles. The van der Waals surface area contributed by atoms with Gasteiger partial charge in [-0.1, -0.05) is 47.5 Å². The Morgan fingerprint density at radius 2 is 1.84 bits per heavy atom. The van der Waals surface area contributed by atoms with Gasteiger partial charge in [-0.2, -0.15) is 0 Å². The largest absolute Gasteiger partial charge is 0.313 e. The fourth-order valence-electron chi connectivity index (χ4n) is 2.03. The highest BCUT2D eigenvalue weighted by Gasteiger charge is 2.13. The van der Waals surface area contributed by atoms with Crippen LogP contribution in [0.4, 0.5) is 0 Å². The lowest BCUT2D eigenvalue weighted by Gasteiger charge is -2.18. The van der Waals surface area contributed by atoms with E-state index in [9.17, 15) is 0 Å². The monoisotopic (exact) mass is 405 g/mol. The van der Waals surface area contributed by atoms with E-state index in [1.807, 2.05) is 25.2 Å². The van der Waals surface area contributed by atoms with Gasteiger partial charge in [0, 0.05) is 9.61 Å². The van der Waals surface area contributed by atoms with E-state index in [1.165, 1.54) is 14.7 Å². The molecular weight excluding hydrogens is 392 g/mol. The third-order valence-corrected chi connectivity index (χ3v) is 4.77. The maximum Gasteiger partial charge on any atom is 0.0595 e. The van der Waals surface area contributed by atoms with E-state index in [0.717, 1.165) is 6.42 Å². The van der Waals surface area contributed by atoms with E-state index in [-0.39, 0.29) is 6.04 Å². The molecule has 0 spiro atoms. The molecule has 0 radical (unpaired) electrons. The second kappa shape index (κ2) is 6.93. The summed E-state index contributed by atoms with van der Waals surface area (Å²) < 4.78 is 1.26. The first-order chi connectivity index (χ1) is 9.11. The SMILES string of the molecule is CNC(Cc1ccc(Cl)c(Cl)c1)c1ccccc1I. The topological polar surface area (TPSA) is 12.0 Å². The van der Waals surface area contributed by atoms with Gasteiger partial charge in [-0.25, -0.2) is 0 Å². The average Bonchev–Trinajstić information content (AvgIpc) is 2.41. The van der Waals surface area contributed by atoms with Crippen molar-refractivity contribution in [3.05, 3.63) is 67.2 Å². The number of nitrogens with one attached hydrogen (secondary N) is 1. The number of likely N-dealkylation sites (N-methyl/N-ethyl adjacent to an activating group) is 1. The predicted molar refractivity (Wildman–Crippen MR) is 91.1 cm³/mol. The van der Waals surface area contributed by atoms with Gasteiger partial charge in [-0.3, -0.25) is 0 Å². The number of halogens is 3. The Morgan fingerprint density at radius 1 is 1.11 bits per heavy atom. The fourth-order valence-corrected chi connectivity index (χ4v) is 3.11. The quantitative estimate of drug-likeness (QED) is 0.697. The van der Waals surface area contributed by atoms with E-state index in [1.54, 1.807) is 0 Å². The van der Waals surface area contributed by atoms with Gasteiger partial charge in [-0.05, 0) is 65.4 Å². The average molecular weight is 406 g/mol. The Balaban J connectivity index is 2.24. The number of hydrogen-bond donors (Lipinski definition) is 1. The number of benzene rings is 2. The van der Waals surface area contributed by atoms with Crippen molar-refractivity contribution in [1.29, 1.82) is 0 Å². The molecule has 0 fully saturated rings. The van der Waals surface area contributed by atoms with Crippen molar-refractivity contribution in [1.82, 2.24) is 5.32 Å². The Labute approximate surface area is 137 Å². The van der Waals surface area contributed by atoms with Crippen molar-refractivity contribution < 1.29 is 0 Å². The van der Waals surface area contributed by atoms with Crippen LogP contribution < -0.4 is 5.32 Å². The Hall–Kier alpha value is -0.290. The molecular formula is C15H14Cl2IN. The summed E-state index contributed by atoms with van der Waals surface area (Å²) in [5.74, 6) is 0. The van der Waals surface area contributed by atoms with Gasteiger partial charge in [0.25, 0.3) is 0 Å². The summed E-state index contributed by atoms with van der Waals surface area (Å²) in [6, 6.07) is 14.5. The van der Waals surface area contributed by atoms with Crippen molar-refractivity contribution in [3.8, 4) is 0 Å². The molecule has 100 valence electrons. The summed E-state index contributed by atoms with van der Waals surface area (Å²) in [7, 11) is 1.98. The number of rotatable bonds is 4. The maximum atomic E-state index is 6.06. The summed E-state index contributed by atoms with van der Waals surface area (Å²) >= 11 is 14.4. The first-order valence-corrected chi connectivity index (χ1v) is 7.81. The van der Waals surface area contributed by atoms with Crippen LogP contribution in [0.5, 0.6) is 0 Å². The zero-order valence-electron chi connectivity index (χ0n) is 10.5. The molecule has 0 aliphatic rings. The first-order valence-electron chi connectivity index (χ1n) is 5.97. The summed E-state index contributed by atoms with van der Waals surface area (Å²) in [4.78, 5) is 0. The molecule has 2 rings (SSSR count). The standard InChI is InChI=1S/C15H14Cl2IN/c1-19-15(11-4-2-3-5-14(11)18)9-10-6-7-12(16)13(17)8-10/h2-8,15,19H,9H2,1H3. The number of hydrogen-bond acceptors (Lipinski definition) is 1. The van der Waals surface area contributed by atoms with Crippen LogP contribution in [-0.2, 0) is 6.42 Å². The van der Waals surface area contributed by atoms with Crippen LogP contribution in [0.1, 0.15) is 17.2 Å². The third kappa shape index (κ3) is 3.85. The summed E-state index contributed by atoms with van der Waals surface area (Å²) in [5.41, 5.74) is 2.48. The van der Waals surface area contributed by atoms with Crippen LogP contribution in [0.2, 0.25) is 10.0 Å². The Morgan fingerprint density at radius 3 is 2.47 bits per heavy atom. The summed E-state index contributed by atoms with van der Waals surface area (Å²) in [5, 5.41) is 4.57. The summed E-state index contributed by atoms with van der Waals surface area (Å²) in [6.45, 7) is 0. The minimum atomic E-state index is 0.269. The molecule has 0 aromatic heterocycles. The molecule has 1 atom stereocenters. The highest BCUT2D eigenvalue weighted by atomic mass is 127. The van der Waals surface area contributed by atoms with Crippen molar-refractivity contribution in [3.63, 3.8) is 0 Å². The Bertz CT molecular complexity index is 572. The molecule has 2 aromatic carbocycles. The molecule has 0 saturated heterocycles. The van der Waals surface area contributed by atoms with Gasteiger partial charge in [0.05, 0.1) is 10.0 Å². The van der Waals surface area contributed by atoms with Crippen LogP contribution in [0.15, 0.2) is 42.5 Å². The zero-order valence-corrected chi connectivity index (χ0v) is 14.1. The predicted octanol–water partition coefficient (Wildman–Crippen LogP) is 5.10. The van der Waals surface area contributed by atoms with E-state index in [2.05, 4.69) is 52.2 Å². The maximum absolute atomic E-state index is 6.06. The van der Waals surface area contributed by atoms with Gasteiger partial charge < -0.3 is 5.32 Å². The molecule has 1 unspecified atom stereocenters. The van der Waals surface area contributed by atoms with Crippen LogP contribution in [-0.4, -0.2) is 7.05 Å². The second-order valence-electron chi connectivity index (χ2n) is 4.32. The molecule has 1 nitrogen and oxygen atoms in total. The minimum absolute atomic E-state index is 0.269. The lowest BCUT2D eigenvalue weighted by Crippen LogP contribution is -2.19. The Kier molecular flexibility index (Phi) is 5.51. The molecule has 2 aromatic rings. The van der Waals surface area contributed by atoms with Crippen molar-refractivity contribution in [2.24, 2.45) is 0 Å². The fraction of sp³-hybridized carbons (Fsp3) is 0.200. The zero-order chi connectivity index (χ0) is 13.8. The minimum Gasteiger partial charge on any atom is -0.313 e. The van der Waals surface area contributed by atoms with Crippen LogP contribution in [0, 0.1) is 3.57 Å². The summed E-state index contributed by atoms with van der Waals surface area (Å²) in [6.07, 6.45) is 0.882. The molecule has 0 bridgehead atoms. The molecule has 0 saturated carbocycles. The first kappa shape index (κ1) is 15.1. The normalized spacial score (nSPS) is 12.4. The van der Waals surface area contributed by atoms with Crippen LogP contribution in [0.3, 0.4) is 0 Å². The van der Waals surface area contributed by atoms with E-state index in [0.29, 0.717) is 10.0 Å². The lowest BCUT2D eigenvalue weighted by atomic mass is 9.99. The lowest BCUT2D eigenvalue weighted by molar-refractivity contribution is 0.589. The molecule has 19 heavy (non-hydrogen) atoms. The van der Waals surface area contributed by atoms with E-state index >= 15 is 0 Å². The molecule has 1 N–H and O–H groups in total. The van der Waals surface area contributed by atoms with Crippen molar-refractivity contribution in [2.45, 2.75) is 12.5 Å². The smallest absolute Gasteiger partial charge is 0.0595 e. The van der Waals surface area contributed by atoms with Crippen LogP contribution in [0.25, 0.3) is 0 Å². The highest BCUT2D eigenvalue weighted by molar-refractivity contribution is 14.1. The molecule has 0 amide bonds. The van der Waals surface area contributed by atoms with Gasteiger partial charge in [-0.15, -0.1) is 0 Å². The van der Waals surface area contributed by atoms with E-state index in [4.69, 9.17) is 23.2 Å². The second-order valence-corrected chi connectivity index (χ2v) is 6.29. The van der Waals surface area contributed by atoms with Gasteiger partial charge in [0.1, 0.15) is 0 Å². The van der Waals surface area contributed by atoms with Gasteiger partial charge in [0.2, 0.25) is 0 Å². The van der Waals surface area contributed by atoms with Crippen molar-refractivity contribution >= 4 is 45.8 Å². The van der Waals surface area contributed by atoms with Crippen LogP contribution >= 0.6 is 45.8 Å². The van der Waals surface area contributed by atoms with Crippen molar-refractivity contribution in [2.75, 3.05) is 7.05 Å². The molecule has 0 aliphatic heterocycles. The van der Waals surface area contributed by atoms with Gasteiger partial charge in [0.15, 0.2) is 0 Å². The van der Waals surface area contributed by atoms with Gasteiger partial charge >= 0.3 is 0 Å². The molecule has 4 heteroatoms. The molecule has 0 aliphatic carbocycles.